The van der Waals surface area contributed by atoms with Crippen LogP contribution in [0.1, 0.15) is 12.8 Å². The molecule has 86 valence electrons. The molecule has 1 fully saturated rings. The molecule has 1 N–H and O–H groups in total. The molecule has 1 aliphatic heterocycles. The van der Waals surface area contributed by atoms with Crippen LogP contribution in [-0.2, 0) is 4.79 Å². The van der Waals surface area contributed by atoms with Crippen molar-refractivity contribution < 1.29 is 4.79 Å². The Kier molecular flexibility index (Phi) is 3.62. The molecule has 4 nitrogen and oxygen atoms in total. The highest BCUT2D eigenvalue weighted by Gasteiger charge is 2.13. The van der Waals surface area contributed by atoms with Gasteiger partial charge in [0.05, 0.1) is 11.9 Å². The molecule has 1 aromatic heterocycles. The van der Waals surface area contributed by atoms with Gasteiger partial charge in [0.15, 0.2) is 0 Å². The van der Waals surface area contributed by atoms with Crippen molar-refractivity contribution in [3.05, 3.63) is 18.3 Å². The van der Waals surface area contributed by atoms with Crippen molar-refractivity contribution in [2.75, 3.05) is 29.2 Å². The number of nitrogens with one attached hydrogen (secondary N) is 1. The van der Waals surface area contributed by atoms with Crippen molar-refractivity contribution in [1.29, 1.82) is 0 Å². The van der Waals surface area contributed by atoms with Crippen LogP contribution in [0.15, 0.2) is 18.3 Å². The molecule has 2 rings (SSSR count). The number of amides is 1. The molecule has 5 heteroatoms. The van der Waals surface area contributed by atoms with Crippen LogP contribution in [0.5, 0.6) is 0 Å². The maximum Gasteiger partial charge on any atom is 0.239 e. The first-order chi connectivity index (χ1) is 7.79. The van der Waals surface area contributed by atoms with Crippen LogP contribution in [0.3, 0.4) is 0 Å². The molecule has 0 atom stereocenters. The third-order valence-electron chi connectivity index (χ3n) is 2.58. The minimum atomic E-state index is -0.211. The van der Waals surface area contributed by atoms with Crippen molar-refractivity contribution in [1.82, 2.24) is 4.98 Å². The minimum Gasteiger partial charge on any atom is -0.357 e. The van der Waals surface area contributed by atoms with Crippen LogP contribution < -0.4 is 10.2 Å². The predicted octanol–water partition coefficient (Wildman–Crippen LogP) is 1.86. The Hall–Kier alpha value is -1.29. The number of aromatic nitrogens is 1. The molecule has 0 radical (unpaired) electrons. The number of hydrogen-bond acceptors (Lipinski definition) is 3. The molecular formula is C11H14ClN3O. The second-order valence-corrected chi connectivity index (χ2v) is 4.05. The van der Waals surface area contributed by atoms with E-state index in [0.29, 0.717) is 5.69 Å². The topological polar surface area (TPSA) is 45.2 Å². The molecule has 1 aromatic rings. The SMILES string of the molecule is O=C(CCl)Nc1ccc(N2CCCC2)nc1. The Balaban J connectivity index is 2.01. The predicted molar refractivity (Wildman–Crippen MR) is 65.0 cm³/mol. The van der Waals surface area contributed by atoms with E-state index < -0.39 is 0 Å². The van der Waals surface area contributed by atoms with Crippen molar-refractivity contribution in [3.8, 4) is 0 Å². The first-order valence-corrected chi connectivity index (χ1v) is 5.90. The van der Waals surface area contributed by atoms with E-state index in [1.807, 2.05) is 12.1 Å². The third-order valence-corrected chi connectivity index (χ3v) is 2.83. The number of alkyl halides is 1. The number of carbonyl (C=O) groups excluding carboxylic acids is 1. The number of rotatable bonds is 3. The van der Waals surface area contributed by atoms with E-state index in [9.17, 15) is 4.79 Å². The lowest BCUT2D eigenvalue weighted by atomic mass is 10.4. The van der Waals surface area contributed by atoms with Gasteiger partial charge in [-0.1, -0.05) is 0 Å². The van der Waals surface area contributed by atoms with Gasteiger partial charge in [0.25, 0.3) is 0 Å². The quantitative estimate of drug-likeness (QED) is 0.819. The van der Waals surface area contributed by atoms with Gasteiger partial charge in [-0.3, -0.25) is 4.79 Å². The molecule has 2 heterocycles. The summed E-state index contributed by atoms with van der Waals surface area (Å²) in [7, 11) is 0. The lowest BCUT2D eigenvalue weighted by molar-refractivity contribution is -0.113. The Labute approximate surface area is 99.6 Å². The number of hydrogen-bond donors (Lipinski definition) is 1. The molecule has 0 saturated carbocycles. The molecule has 0 spiro atoms. The second kappa shape index (κ2) is 5.16. The Morgan fingerprint density at radius 2 is 2.19 bits per heavy atom. The van der Waals surface area contributed by atoms with Crippen molar-refractivity contribution >= 4 is 29.0 Å². The van der Waals surface area contributed by atoms with Crippen molar-refractivity contribution in [3.63, 3.8) is 0 Å². The first kappa shape index (κ1) is 11.2. The number of anilines is 2. The van der Waals surface area contributed by atoms with Crippen molar-refractivity contribution in [2.45, 2.75) is 12.8 Å². The fourth-order valence-electron chi connectivity index (χ4n) is 1.79. The number of nitrogens with zero attached hydrogens (tertiary/aromatic N) is 2. The van der Waals surface area contributed by atoms with Crippen LogP contribution in [0.4, 0.5) is 11.5 Å². The summed E-state index contributed by atoms with van der Waals surface area (Å²) in [4.78, 5) is 17.6. The molecule has 1 amide bonds. The summed E-state index contributed by atoms with van der Waals surface area (Å²) >= 11 is 5.40. The van der Waals surface area contributed by atoms with Gasteiger partial charge in [-0.2, -0.15) is 0 Å². The van der Waals surface area contributed by atoms with Crippen molar-refractivity contribution in [2.24, 2.45) is 0 Å². The number of halogens is 1. The largest absolute Gasteiger partial charge is 0.357 e. The third kappa shape index (κ3) is 2.64. The summed E-state index contributed by atoms with van der Waals surface area (Å²) in [5, 5.41) is 2.66. The van der Waals surface area contributed by atoms with E-state index in [-0.39, 0.29) is 11.8 Å². The fraction of sp³-hybridized carbons (Fsp3) is 0.455. The summed E-state index contributed by atoms with van der Waals surface area (Å²) in [6.07, 6.45) is 4.12. The number of carbonyl (C=O) groups is 1. The maximum atomic E-state index is 11.0. The summed E-state index contributed by atoms with van der Waals surface area (Å²) in [6, 6.07) is 3.78. The van der Waals surface area contributed by atoms with Crippen LogP contribution >= 0.6 is 11.6 Å². The monoisotopic (exact) mass is 239 g/mol. The van der Waals surface area contributed by atoms with Gasteiger partial charge in [-0.25, -0.2) is 4.98 Å². The van der Waals surface area contributed by atoms with Gasteiger partial charge >= 0.3 is 0 Å². The summed E-state index contributed by atoms with van der Waals surface area (Å²) in [5.74, 6) is 0.729. The first-order valence-electron chi connectivity index (χ1n) is 5.36. The van der Waals surface area contributed by atoms with Crippen LogP contribution in [-0.4, -0.2) is 29.9 Å². The second-order valence-electron chi connectivity index (χ2n) is 3.78. The molecular weight excluding hydrogens is 226 g/mol. The Bertz CT molecular complexity index is 360. The average Bonchev–Trinajstić information content (AvgIpc) is 2.83. The lowest BCUT2D eigenvalue weighted by Crippen LogP contribution is -2.19. The lowest BCUT2D eigenvalue weighted by Gasteiger charge is -2.16. The highest BCUT2D eigenvalue weighted by Crippen LogP contribution is 2.18. The standard InChI is InChI=1S/C11H14ClN3O/c12-7-11(16)14-9-3-4-10(13-8-9)15-5-1-2-6-15/h3-4,8H,1-2,5-7H2,(H,14,16). The fourth-order valence-corrected chi connectivity index (χ4v) is 1.85. The minimum absolute atomic E-state index is 0.0339. The Morgan fingerprint density at radius 3 is 2.75 bits per heavy atom. The van der Waals surface area contributed by atoms with Gasteiger partial charge < -0.3 is 10.2 Å². The molecule has 0 bridgehead atoms. The van der Waals surface area contributed by atoms with Gasteiger partial charge in [0.2, 0.25) is 5.91 Å². The summed E-state index contributed by atoms with van der Waals surface area (Å²) < 4.78 is 0. The highest BCUT2D eigenvalue weighted by molar-refractivity contribution is 6.29. The molecule has 16 heavy (non-hydrogen) atoms. The highest BCUT2D eigenvalue weighted by atomic mass is 35.5. The zero-order valence-electron chi connectivity index (χ0n) is 8.95. The molecule has 1 aliphatic rings. The van der Waals surface area contributed by atoms with Gasteiger partial charge in [-0.05, 0) is 25.0 Å². The van der Waals surface area contributed by atoms with E-state index in [1.54, 1.807) is 6.20 Å². The van der Waals surface area contributed by atoms with Crippen LogP contribution in [0.25, 0.3) is 0 Å². The molecule has 1 saturated heterocycles. The van der Waals surface area contributed by atoms with Gasteiger partial charge in [-0.15, -0.1) is 11.6 Å². The zero-order chi connectivity index (χ0) is 11.4. The molecule has 0 unspecified atom stereocenters. The van der Waals surface area contributed by atoms with Crippen LogP contribution in [0.2, 0.25) is 0 Å². The normalized spacial score (nSPS) is 15.2. The maximum absolute atomic E-state index is 11.0. The van der Waals surface area contributed by atoms with Gasteiger partial charge in [0.1, 0.15) is 11.7 Å². The molecule has 0 aromatic carbocycles. The van der Waals surface area contributed by atoms with E-state index in [0.717, 1.165) is 18.9 Å². The molecule has 0 aliphatic carbocycles. The van der Waals surface area contributed by atoms with Gasteiger partial charge in [0, 0.05) is 13.1 Å². The summed E-state index contributed by atoms with van der Waals surface area (Å²) in [5.41, 5.74) is 0.689. The zero-order valence-corrected chi connectivity index (χ0v) is 9.70. The smallest absolute Gasteiger partial charge is 0.239 e. The van der Waals surface area contributed by atoms with E-state index in [1.165, 1.54) is 12.8 Å². The van der Waals surface area contributed by atoms with E-state index >= 15 is 0 Å². The number of pyridine rings is 1. The summed E-state index contributed by atoms with van der Waals surface area (Å²) in [6.45, 7) is 2.14. The van der Waals surface area contributed by atoms with E-state index in [4.69, 9.17) is 11.6 Å². The van der Waals surface area contributed by atoms with E-state index in [2.05, 4.69) is 15.2 Å². The van der Waals surface area contributed by atoms with Crippen LogP contribution in [0, 0.1) is 0 Å². The Morgan fingerprint density at radius 1 is 1.44 bits per heavy atom. The average molecular weight is 240 g/mol.